The lowest BCUT2D eigenvalue weighted by atomic mass is 10.1. The van der Waals surface area contributed by atoms with Gasteiger partial charge in [0.2, 0.25) is 0 Å². The molecule has 0 radical (unpaired) electrons. The van der Waals surface area contributed by atoms with Crippen LogP contribution in [0.25, 0.3) is 0 Å². The van der Waals surface area contributed by atoms with Gasteiger partial charge < -0.3 is 9.73 Å². The number of furan rings is 1. The molecule has 1 atom stereocenters. The molecule has 0 bridgehead atoms. The van der Waals surface area contributed by atoms with Crippen LogP contribution in [0.1, 0.15) is 31.7 Å². The van der Waals surface area contributed by atoms with Gasteiger partial charge in [-0.1, -0.05) is 6.92 Å². The van der Waals surface area contributed by atoms with Crippen molar-refractivity contribution in [3.05, 3.63) is 36.0 Å². The maximum absolute atomic E-state index is 5.34. The lowest BCUT2D eigenvalue weighted by Gasteiger charge is -2.13. The fraction of sp³-hybridized carbons (Fsp3) is 0.500. The summed E-state index contributed by atoms with van der Waals surface area (Å²) >= 11 is 0. The highest BCUT2D eigenvalue weighted by atomic mass is 16.3. The number of aromatic nitrogens is 2. The van der Waals surface area contributed by atoms with Crippen LogP contribution in [-0.2, 0) is 19.9 Å². The smallest absolute Gasteiger partial charge is 0.103 e. The molecule has 0 aromatic carbocycles. The standard InChI is InChI=1S/C14H21N3O/c1-4-13-14(10-17(3)16-13)15-11(2)7-8-12-6-5-9-18-12/h5-6,9-11,15H,4,7-8H2,1-3H3. The molecule has 2 aromatic rings. The minimum atomic E-state index is 0.407. The quantitative estimate of drug-likeness (QED) is 0.853. The van der Waals surface area contributed by atoms with E-state index >= 15 is 0 Å². The van der Waals surface area contributed by atoms with E-state index < -0.39 is 0 Å². The molecule has 98 valence electrons. The SMILES string of the molecule is CCc1nn(C)cc1NC(C)CCc1ccco1. The van der Waals surface area contributed by atoms with Crippen molar-refractivity contribution in [3.8, 4) is 0 Å². The molecule has 1 N–H and O–H groups in total. The number of nitrogens with one attached hydrogen (secondary N) is 1. The fourth-order valence-electron chi connectivity index (χ4n) is 2.07. The molecular weight excluding hydrogens is 226 g/mol. The second-order valence-electron chi connectivity index (χ2n) is 4.68. The van der Waals surface area contributed by atoms with Gasteiger partial charge in [0.05, 0.1) is 17.6 Å². The number of aryl methyl sites for hydroxylation is 3. The average Bonchev–Trinajstić information content (AvgIpc) is 2.96. The Morgan fingerprint density at radius 3 is 3.00 bits per heavy atom. The largest absolute Gasteiger partial charge is 0.469 e. The Labute approximate surface area is 108 Å². The second-order valence-corrected chi connectivity index (χ2v) is 4.68. The normalized spacial score (nSPS) is 12.6. The van der Waals surface area contributed by atoms with Crippen molar-refractivity contribution >= 4 is 5.69 Å². The van der Waals surface area contributed by atoms with Crippen LogP contribution in [0.15, 0.2) is 29.0 Å². The Morgan fingerprint density at radius 1 is 1.50 bits per heavy atom. The van der Waals surface area contributed by atoms with Crippen LogP contribution in [0.4, 0.5) is 5.69 Å². The molecule has 4 heteroatoms. The molecule has 0 spiro atoms. The van der Waals surface area contributed by atoms with E-state index in [9.17, 15) is 0 Å². The van der Waals surface area contributed by atoms with Crippen molar-refractivity contribution in [2.24, 2.45) is 7.05 Å². The number of hydrogen-bond acceptors (Lipinski definition) is 3. The Kier molecular flexibility index (Phi) is 4.07. The van der Waals surface area contributed by atoms with Crippen molar-refractivity contribution < 1.29 is 4.42 Å². The van der Waals surface area contributed by atoms with Gasteiger partial charge in [0.1, 0.15) is 5.76 Å². The van der Waals surface area contributed by atoms with Crippen molar-refractivity contribution in [2.45, 2.75) is 39.2 Å². The van der Waals surface area contributed by atoms with Crippen molar-refractivity contribution in [3.63, 3.8) is 0 Å². The van der Waals surface area contributed by atoms with E-state index in [0.29, 0.717) is 6.04 Å². The van der Waals surface area contributed by atoms with Gasteiger partial charge in [-0.05, 0) is 31.9 Å². The van der Waals surface area contributed by atoms with E-state index in [2.05, 4.69) is 24.3 Å². The molecule has 0 aliphatic heterocycles. The topological polar surface area (TPSA) is 43.0 Å². The Balaban J connectivity index is 1.88. The van der Waals surface area contributed by atoms with Gasteiger partial charge in [-0.3, -0.25) is 4.68 Å². The number of nitrogens with zero attached hydrogens (tertiary/aromatic N) is 2. The lowest BCUT2D eigenvalue weighted by Crippen LogP contribution is -2.16. The summed E-state index contributed by atoms with van der Waals surface area (Å²) in [6, 6.07) is 4.36. The third-order valence-electron chi connectivity index (χ3n) is 3.05. The van der Waals surface area contributed by atoms with Gasteiger partial charge >= 0.3 is 0 Å². The summed E-state index contributed by atoms with van der Waals surface area (Å²) in [6.07, 6.45) is 6.73. The summed E-state index contributed by atoms with van der Waals surface area (Å²) in [5.41, 5.74) is 2.27. The van der Waals surface area contributed by atoms with Crippen LogP contribution < -0.4 is 5.32 Å². The first-order chi connectivity index (χ1) is 8.69. The Bertz CT molecular complexity index is 473. The van der Waals surface area contributed by atoms with E-state index in [1.807, 2.05) is 30.1 Å². The van der Waals surface area contributed by atoms with Crippen LogP contribution in [0.5, 0.6) is 0 Å². The minimum Gasteiger partial charge on any atom is -0.469 e. The van der Waals surface area contributed by atoms with Gasteiger partial charge in [0.15, 0.2) is 0 Å². The third-order valence-corrected chi connectivity index (χ3v) is 3.05. The summed E-state index contributed by atoms with van der Waals surface area (Å²) in [7, 11) is 1.96. The molecular formula is C14H21N3O. The van der Waals surface area contributed by atoms with Crippen LogP contribution in [-0.4, -0.2) is 15.8 Å². The maximum atomic E-state index is 5.34. The summed E-state index contributed by atoms with van der Waals surface area (Å²) in [5.74, 6) is 1.05. The molecule has 2 heterocycles. The zero-order valence-corrected chi connectivity index (χ0v) is 11.3. The Morgan fingerprint density at radius 2 is 2.33 bits per heavy atom. The summed E-state index contributed by atoms with van der Waals surface area (Å²) in [5, 5.41) is 7.95. The lowest BCUT2D eigenvalue weighted by molar-refractivity contribution is 0.495. The van der Waals surface area contributed by atoms with E-state index in [1.54, 1.807) is 6.26 Å². The molecule has 0 fully saturated rings. The molecule has 2 rings (SSSR count). The molecule has 1 unspecified atom stereocenters. The summed E-state index contributed by atoms with van der Waals surface area (Å²) in [6.45, 7) is 4.32. The molecule has 0 aliphatic rings. The van der Waals surface area contributed by atoms with E-state index in [4.69, 9.17) is 4.42 Å². The molecule has 18 heavy (non-hydrogen) atoms. The van der Waals surface area contributed by atoms with Gasteiger partial charge in [0, 0.05) is 25.7 Å². The van der Waals surface area contributed by atoms with Crippen molar-refractivity contribution in [2.75, 3.05) is 5.32 Å². The van der Waals surface area contributed by atoms with Gasteiger partial charge in [0.25, 0.3) is 0 Å². The van der Waals surface area contributed by atoms with Crippen LogP contribution in [0, 0.1) is 0 Å². The summed E-state index contributed by atoms with van der Waals surface area (Å²) in [4.78, 5) is 0. The van der Waals surface area contributed by atoms with Crippen molar-refractivity contribution in [1.29, 1.82) is 0 Å². The van der Waals surface area contributed by atoms with E-state index in [-0.39, 0.29) is 0 Å². The maximum Gasteiger partial charge on any atom is 0.103 e. The average molecular weight is 247 g/mol. The number of rotatable bonds is 6. The van der Waals surface area contributed by atoms with Crippen LogP contribution in [0.2, 0.25) is 0 Å². The second kappa shape index (κ2) is 5.76. The first-order valence-electron chi connectivity index (χ1n) is 6.50. The molecule has 2 aromatic heterocycles. The third kappa shape index (κ3) is 3.15. The van der Waals surface area contributed by atoms with Gasteiger partial charge in [-0.15, -0.1) is 0 Å². The van der Waals surface area contributed by atoms with Gasteiger partial charge in [-0.2, -0.15) is 5.10 Å². The number of anilines is 1. The van der Waals surface area contributed by atoms with E-state index in [0.717, 1.165) is 36.4 Å². The van der Waals surface area contributed by atoms with Gasteiger partial charge in [-0.25, -0.2) is 0 Å². The first-order valence-corrected chi connectivity index (χ1v) is 6.50. The first kappa shape index (κ1) is 12.7. The zero-order chi connectivity index (χ0) is 13.0. The van der Waals surface area contributed by atoms with E-state index in [1.165, 1.54) is 0 Å². The van der Waals surface area contributed by atoms with Crippen LogP contribution in [0.3, 0.4) is 0 Å². The highest BCUT2D eigenvalue weighted by Crippen LogP contribution is 2.16. The predicted molar refractivity (Wildman–Crippen MR) is 72.7 cm³/mol. The highest BCUT2D eigenvalue weighted by molar-refractivity contribution is 5.47. The number of hydrogen-bond donors (Lipinski definition) is 1. The predicted octanol–water partition coefficient (Wildman–Crippen LogP) is 3.01. The minimum absolute atomic E-state index is 0.407. The summed E-state index contributed by atoms with van der Waals surface area (Å²) < 4.78 is 7.20. The molecule has 0 saturated carbocycles. The monoisotopic (exact) mass is 247 g/mol. The molecule has 4 nitrogen and oxygen atoms in total. The molecule has 0 aliphatic carbocycles. The van der Waals surface area contributed by atoms with Crippen LogP contribution >= 0.6 is 0 Å². The molecule has 0 saturated heterocycles. The fourth-order valence-corrected chi connectivity index (χ4v) is 2.07. The van der Waals surface area contributed by atoms with Crippen molar-refractivity contribution in [1.82, 2.24) is 9.78 Å². The zero-order valence-electron chi connectivity index (χ0n) is 11.3. The highest BCUT2D eigenvalue weighted by Gasteiger charge is 2.09. The Hall–Kier alpha value is -1.71. The molecule has 0 amide bonds.